The Hall–Kier alpha value is -1.33. The summed E-state index contributed by atoms with van der Waals surface area (Å²) in [5.41, 5.74) is 7.26. The lowest BCUT2D eigenvalue weighted by molar-refractivity contribution is 0.0691. The van der Waals surface area contributed by atoms with Crippen molar-refractivity contribution in [1.82, 2.24) is 4.98 Å². The molecule has 0 aliphatic rings. The summed E-state index contributed by atoms with van der Waals surface area (Å²) in [7, 11) is 1.67. The molecule has 0 aromatic carbocycles. The van der Waals surface area contributed by atoms with Crippen LogP contribution in [0, 0.1) is 0 Å². The van der Waals surface area contributed by atoms with Crippen molar-refractivity contribution < 1.29 is 9.47 Å². The fourth-order valence-electron chi connectivity index (χ4n) is 1.36. The van der Waals surface area contributed by atoms with Crippen molar-refractivity contribution in [3.63, 3.8) is 0 Å². The van der Waals surface area contributed by atoms with E-state index < -0.39 is 0 Å². The minimum atomic E-state index is 0.660. The summed E-state index contributed by atoms with van der Waals surface area (Å²) >= 11 is 0. The molecule has 0 bridgehead atoms. The fourth-order valence-corrected chi connectivity index (χ4v) is 1.36. The van der Waals surface area contributed by atoms with Crippen molar-refractivity contribution in [2.24, 2.45) is 0 Å². The average molecular weight is 239 g/mol. The SMILES string of the molecule is COCCOCCCCNc1cncc(N)c1. The zero-order valence-electron chi connectivity index (χ0n) is 10.3. The number of aromatic nitrogens is 1. The molecule has 0 radical (unpaired) electrons. The summed E-state index contributed by atoms with van der Waals surface area (Å²) in [6, 6.07) is 1.88. The quantitative estimate of drug-likeness (QED) is 0.639. The van der Waals surface area contributed by atoms with Gasteiger partial charge in [-0.3, -0.25) is 4.98 Å². The van der Waals surface area contributed by atoms with Crippen LogP contribution in [0.3, 0.4) is 0 Å². The molecule has 0 atom stereocenters. The molecule has 0 saturated heterocycles. The first-order valence-corrected chi connectivity index (χ1v) is 5.84. The smallest absolute Gasteiger partial charge is 0.0700 e. The van der Waals surface area contributed by atoms with E-state index in [0.29, 0.717) is 18.9 Å². The van der Waals surface area contributed by atoms with Gasteiger partial charge in [0.2, 0.25) is 0 Å². The summed E-state index contributed by atoms with van der Waals surface area (Å²) in [6.45, 7) is 3.01. The van der Waals surface area contributed by atoms with Gasteiger partial charge in [-0.15, -0.1) is 0 Å². The molecule has 96 valence electrons. The lowest BCUT2D eigenvalue weighted by Gasteiger charge is -2.06. The third kappa shape index (κ3) is 6.76. The van der Waals surface area contributed by atoms with Crippen LogP contribution in [-0.4, -0.2) is 38.5 Å². The van der Waals surface area contributed by atoms with Crippen molar-refractivity contribution in [1.29, 1.82) is 0 Å². The highest BCUT2D eigenvalue weighted by molar-refractivity contribution is 5.51. The molecule has 0 amide bonds. The molecule has 0 aliphatic heterocycles. The van der Waals surface area contributed by atoms with Crippen LogP contribution < -0.4 is 11.1 Å². The number of nitrogen functional groups attached to an aromatic ring is 1. The van der Waals surface area contributed by atoms with Crippen molar-refractivity contribution in [2.45, 2.75) is 12.8 Å². The summed E-state index contributed by atoms with van der Waals surface area (Å²) in [4.78, 5) is 4.01. The van der Waals surface area contributed by atoms with Gasteiger partial charge in [-0.25, -0.2) is 0 Å². The van der Waals surface area contributed by atoms with Crippen LogP contribution in [0.1, 0.15) is 12.8 Å². The number of rotatable bonds is 9. The highest BCUT2D eigenvalue weighted by Gasteiger charge is 1.94. The minimum absolute atomic E-state index is 0.660. The number of hydrogen-bond acceptors (Lipinski definition) is 5. The van der Waals surface area contributed by atoms with Crippen LogP contribution >= 0.6 is 0 Å². The molecule has 5 heteroatoms. The molecule has 5 nitrogen and oxygen atoms in total. The molecule has 0 saturated carbocycles. The normalized spacial score (nSPS) is 10.4. The molecule has 3 N–H and O–H groups in total. The second kappa shape index (κ2) is 8.78. The van der Waals surface area contributed by atoms with Crippen LogP contribution in [0.4, 0.5) is 11.4 Å². The highest BCUT2D eigenvalue weighted by Crippen LogP contribution is 2.09. The average Bonchev–Trinajstić information content (AvgIpc) is 2.33. The standard InChI is InChI=1S/C12H21N3O2/c1-16-6-7-17-5-3-2-4-15-12-8-11(13)9-14-10-12/h8-10,15H,2-7,13H2,1H3. The monoisotopic (exact) mass is 239 g/mol. The van der Waals surface area contributed by atoms with Gasteiger partial charge in [0.25, 0.3) is 0 Å². The molecule has 1 aromatic heterocycles. The van der Waals surface area contributed by atoms with Crippen LogP contribution in [0.2, 0.25) is 0 Å². The van der Waals surface area contributed by atoms with Gasteiger partial charge in [0.15, 0.2) is 0 Å². The largest absolute Gasteiger partial charge is 0.397 e. The predicted molar refractivity (Wildman–Crippen MR) is 69.1 cm³/mol. The first-order chi connectivity index (χ1) is 8.33. The number of nitrogens with two attached hydrogens (primary N) is 1. The number of methoxy groups -OCH3 is 1. The van der Waals surface area contributed by atoms with Gasteiger partial charge >= 0.3 is 0 Å². The Balaban J connectivity index is 1.97. The molecule has 0 fully saturated rings. The molecular weight excluding hydrogens is 218 g/mol. The molecule has 0 aliphatic carbocycles. The molecule has 1 heterocycles. The number of nitrogens with zero attached hydrogens (tertiary/aromatic N) is 1. The number of hydrogen-bond donors (Lipinski definition) is 2. The number of unbranched alkanes of at least 4 members (excludes halogenated alkanes) is 1. The molecule has 1 aromatic rings. The van der Waals surface area contributed by atoms with Gasteiger partial charge in [0, 0.05) is 26.5 Å². The summed E-state index contributed by atoms with van der Waals surface area (Å²) in [5.74, 6) is 0. The van der Waals surface area contributed by atoms with Gasteiger partial charge in [0.05, 0.1) is 30.8 Å². The van der Waals surface area contributed by atoms with Crippen molar-refractivity contribution in [2.75, 3.05) is 44.5 Å². The van der Waals surface area contributed by atoms with E-state index in [9.17, 15) is 0 Å². The van der Waals surface area contributed by atoms with Gasteiger partial charge in [-0.05, 0) is 18.9 Å². The van der Waals surface area contributed by atoms with Crippen molar-refractivity contribution in [3.8, 4) is 0 Å². The molecule has 0 spiro atoms. The Labute approximate surface area is 102 Å². The van der Waals surface area contributed by atoms with E-state index in [1.165, 1.54) is 0 Å². The van der Waals surface area contributed by atoms with Gasteiger partial charge < -0.3 is 20.5 Å². The first kappa shape index (κ1) is 13.7. The molecule has 17 heavy (non-hydrogen) atoms. The zero-order valence-corrected chi connectivity index (χ0v) is 10.3. The first-order valence-electron chi connectivity index (χ1n) is 5.84. The van der Waals surface area contributed by atoms with Gasteiger partial charge in [0.1, 0.15) is 0 Å². The molecular formula is C12H21N3O2. The highest BCUT2D eigenvalue weighted by atomic mass is 16.5. The Morgan fingerprint density at radius 2 is 2.12 bits per heavy atom. The molecule has 0 unspecified atom stereocenters. The number of anilines is 2. The van der Waals surface area contributed by atoms with Crippen LogP contribution in [-0.2, 0) is 9.47 Å². The van der Waals surface area contributed by atoms with E-state index in [-0.39, 0.29) is 0 Å². The van der Waals surface area contributed by atoms with Crippen LogP contribution in [0.25, 0.3) is 0 Å². The number of nitrogens with one attached hydrogen (secondary N) is 1. The second-order valence-corrected chi connectivity index (χ2v) is 3.75. The Morgan fingerprint density at radius 3 is 2.88 bits per heavy atom. The molecule has 1 rings (SSSR count). The van der Waals surface area contributed by atoms with E-state index in [2.05, 4.69) is 10.3 Å². The predicted octanol–water partition coefficient (Wildman–Crippen LogP) is 1.52. The Bertz CT molecular complexity index is 308. The van der Waals surface area contributed by atoms with Crippen molar-refractivity contribution in [3.05, 3.63) is 18.5 Å². The summed E-state index contributed by atoms with van der Waals surface area (Å²) in [5, 5.41) is 3.26. The number of ether oxygens (including phenoxy) is 2. The van der Waals surface area contributed by atoms with Crippen molar-refractivity contribution >= 4 is 11.4 Å². The Morgan fingerprint density at radius 1 is 1.24 bits per heavy atom. The fraction of sp³-hybridized carbons (Fsp3) is 0.583. The summed E-state index contributed by atoms with van der Waals surface area (Å²) < 4.78 is 10.2. The van der Waals surface area contributed by atoms with E-state index in [1.54, 1.807) is 19.5 Å². The topological polar surface area (TPSA) is 69.4 Å². The van der Waals surface area contributed by atoms with Crippen LogP contribution in [0.15, 0.2) is 18.5 Å². The van der Waals surface area contributed by atoms with Gasteiger partial charge in [-0.1, -0.05) is 0 Å². The maximum Gasteiger partial charge on any atom is 0.0700 e. The maximum atomic E-state index is 5.62. The Kier molecular flexibility index (Phi) is 7.09. The van der Waals surface area contributed by atoms with E-state index in [1.807, 2.05) is 6.07 Å². The van der Waals surface area contributed by atoms with Gasteiger partial charge in [-0.2, -0.15) is 0 Å². The third-order valence-electron chi connectivity index (χ3n) is 2.24. The van der Waals surface area contributed by atoms with E-state index in [4.69, 9.17) is 15.2 Å². The second-order valence-electron chi connectivity index (χ2n) is 3.75. The third-order valence-corrected chi connectivity index (χ3v) is 2.24. The zero-order chi connectivity index (χ0) is 12.3. The lowest BCUT2D eigenvalue weighted by Crippen LogP contribution is -2.06. The van der Waals surface area contributed by atoms with E-state index in [0.717, 1.165) is 31.7 Å². The lowest BCUT2D eigenvalue weighted by atomic mass is 10.3. The van der Waals surface area contributed by atoms with E-state index >= 15 is 0 Å². The minimum Gasteiger partial charge on any atom is -0.397 e. The summed E-state index contributed by atoms with van der Waals surface area (Å²) in [6.07, 6.45) is 5.49. The van der Waals surface area contributed by atoms with Crippen LogP contribution in [0.5, 0.6) is 0 Å². The number of pyridine rings is 1. The maximum absolute atomic E-state index is 5.62.